The van der Waals surface area contributed by atoms with E-state index >= 15 is 0 Å². The van der Waals surface area contributed by atoms with Gasteiger partial charge in [-0.1, -0.05) is 19.3 Å². The molecule has 1 heterocycles. The molecule has 2 nitrogen and oxygen atoms in total. The fourth-order valence-corrected chi connectivity index (χ4v) is 4.09. The van der Waals surface area contributed by atoms with Crippen LogP contribution in [0.5, 0.6) is 0 Å². The van der Waals surface area contributed by atoms with Crippen molar-refractivity contribution in [1.82, 2.24) is 10.2 Å². The number of piperidine rings is 1. The number of nitrogens with zero attached hydrogens (tertiary/aromatic N) is 1. The summed E-state index contributed by atoms with van der Waals surface area (Å²) < 4.78 is 0. The van der Waals surface area contributed by atoms with Gasteiger partial charge >= 0.3 is 0 Å². The first-order valence-corrected chi connectivity index (χ1v) is 9.05. The van der Waals surface area contributed by atoms with Crippen molar-refractivity contribution < 1.29 is 0 Å². The van der Waals surface area contributed by atoms with E-state index in [4.69, 9.17) is 0 Å². The molecule has 1 aliphatic carbocycles. The van der Waals surface area contributed by atoms with Crippen LogP contribution in [0.15, 0.2) is 0 Å². The highest BCUT2D eigenvalue weighted by molar-refractivity contribution is 4.88. The maximum Gasteiger partial charge on any atom is 0.0123 e. The predicted octanol–water partition coefficient (Wildman–Crippen LogP) is 4.20. The van der Waals surface area contributed by atoms with Crippen molar-refractivity contribution in [2.75, 3.05) is 19.6 Å². The summed E-state index contributed by atoms with van der Waals surface area (Å²) in [5.74, 6) is 1.06. The maximum absolute atomic E-state index is 3.58. The van der Waals surface area contributed by atoms with E-state index in [9.17, 15) is 0 Å². The van der Waals surface area contributed by atoms with Gasteiger partial charge in [-0.05, 0) is 84.8 Å². The van der Waals surface area contributed by atoms with Crippen molar-refractivity contribution in [1.29, 1.82) is 0 Å². The summed E-state index contributed by atoms with van der Waals surface area (Å²) >= 11 is 0. The first kappa shape index (κ1) is 16.3. The molecule has 2 aliphatic rings. The highest BCUT2D eigenvalue weighted by Crippen LogP contribution is 2.36. The van der Waals surface area contributed by atoms with Crippen molar-refractivity contribution in [2.45, 2.75) is 90.1 Å². The lowest BCUT2D eigenvalue weighted by Gasteiger charge is -2.37. The normalized spacial score (nSPS) is 27.8. The van der Waals surface area contributed by atoms with Crippen LogP contribution in [-0.2, 0) is 0 Å². The Morgan fingerprint density at radius 3 is 2.50 bits per heavy atom. The van der Waals surface area contributed by atoms with E-state index in [0.29, 0.717) is 0 Å². The lowest BCUT2D eigenvalue weighted by Crippen LogP contribution is -2.42. The van der Waals surface area contributed by atoms with E-state index in [1.54, 1.807) is 0 Å². The molecule has 1 saturated carbocycles. The van der Waals surface area contributed by atoms with Gasteiger partial charge in [-0.2, -0.15) is 0 Å². The largest absolute Gasteiger partial charge is 0.312 e. The molecule has 2 atom stereocenters. The van der Waals surface area contributed by atoms with Crippen molar-refractivity contribution >= 4 is 0 Å². The van der Waals surface area contributed by atoms with E-state index in [-0.39, 0.29) is 5.54 Å². The third-order valence-electron chi connectivity index (χ3n) is 5.14. The van der Waals surface area contributed by atoms with Crippen LogP contribution < -0.4 is 5.32 Å². The molecule has 20 heavy (non-hydrogen) atoms. The Morgan fingerprint density at radius 1 is 0.950 bits per heavy atom. The smallest absolute Gasteiger partial charge is 0.0123 e. The molecule has 118 valence electrons. The maximum atomic E-state index is 3.58. The quantitative estimate of drug-likeness (QED) is 0.703. The van der Waals surface area contributed by atoms with Gasteiger partial charge in [0.2, 0.25) is 0 Å². The average molecular weight is 280 g/mol. The van der Waals surface area contributed by atoms with E-state index in [1.165, 1.54) is 77.4 Å². The molecule has 1 saturated heterocycles. The Kier molecular flexibility index (Phi) is 6.35. The third kappa shape index (κ3) is 5.37. The van der Waals surface area contributed by atoms with Crippen LogP contribution in [0.2, 0.25) is 0 Å². The predicted molar refractivity (Wildman–Crippen MR) is 88.2 cm³/mol. The summed E-state index contributed by atoms with van der Waals surface area (Å²) in [6.07, 6.45) is 13.0. The highest BCUT2D eigenvalue weighted by Gasteiger charge is 2.34. The lowest BCUT2D eigenvalue weighted by atomic mass is 9.92. The van der Waals surface area contributed by atoms with Crippen LogP contribution in [0, 0.1) is 5.92 Å². The van der Waals surface area contributed by atoms with Gasteiger partial charge in [-0.3, -0.25) is 0 Å². The fraction of sp³-hybridized carbons (Fsp3) is 1.00. The van der Waals surface area contributed by atoms with Crippen LogP contribution in [-0.4, -0.2) is 36.1 Å². The highest BCUT2D eigenvalue weighted by atomic mass is 15.2. The van der Waals surface area contributed by atoms with Crippen LogP contribution >= 0.6 is 0 Å². The Bertz CT molecular complexity index is 269. The number of likely N-dealkylation sites (tertiary alicyclic amines) is 1. The molecule has 1 aliphatic heterocycles. The number of nitrogens with one attached hydrogen (secondary N) is 1. The standard InChI is InChI=1S/C18H36N2/c1-18(2,3)19-13-6-4-5-7-14-20-15-9-11-16-10-8-12-17(16)20/h16-17,19H,4-15H2,1-3H3. The molecule has 2 rings (SSSR count). The summed E-state index contributed by atoms with van der Waals surface area (Å²) in [7, 11) is 0. The molecular weight excluding hydrogens is 244 g/mol. The first-order chi connectivity index (χ1) is 9.56. The summed E-state index contributed by atoms with van der Waals surface area (Å²) in [5, 5.41) is 3.58. The van der Waals surface area contributed by atoms with E-state index in [0.717, 1.165) is 12.0 Å². The van der Waals surface area contributed by atoms with Gasteiger partial charge in [0.15, 0.2) is 0 Å². The van der Waals surface area contributed by atoms with Crippen LogP contribution in [0.4, 0.5) is 0 Å². The fourth-order valence-electron chi connectivity index (χ4n) is 4.09. The zero-order valence-corrected chi connectivity index (χ0v) is 14.1. The Balaban J connectivity index is 1.50. The minimum Gasteiger partial charge on any atom is -0.312 e. The lowest BCUT2D eigenvalue weighted by molar-refractivity contribution is 0.111. The Labute approximate surface area is 126 Å². The number of rotatable bonds is 7. The molecule has 0 aromatic heterocycles. The van der Waals surface area contributed by atoms with Gasteiger partial charge in [0.1, 0.15) is 0 Å². The van der Waals surface area contributed by atoms with Gasteiger partial charge in [0.25, 0.3) is 0 Å². The third-order valence-corrected chi connectivity index (χ3v) is 5.14. The molecule has 0 aromatic carbocycles. The van der Waals surface area contributed by atoms with Crippen molar-refractivity contribution in [3.8, 4) is 0 Å². The van der Waals surface area contributed by atoms with Gasteiger partial charge in [-0.25, -0.2) is 0 Å². The van der Waals surface area contributed by atoms with Crippen LogP contribution in [0.1, 0.15) is 78.6 Å². The zero-order chi connectivity index (χ0) is 14.4. The number of unbranched alkanes of at least 4 members (excludes halogenated alkanes) is 3. The summed E-state index contributed by atoms with van der Waals surface area (Å²) in [6, 6.07) is 0.964. The Morgan fingerprint density at radius 2 is 1.70 bits per heavy atom. The summed E-state index contributed by atoms with van der Waals surface area (Å²) in [5.41, 5.74) is 0.283. The minimum atomic E-state index is 0.283. The molecule has 2 unspecified atom stereocenters. The molecule has 0 amide bonds. The van der Waals surface area contributed by atoms with Gasteiger partial charge in [-0.15, -0.1) is 0 Å². The minimum absolute atomic E-state index is 0.283. The molecule has 2 heteroatoms. The Hall–Kier alpha value is -0.0800. The molecule has 2 fully saturated rings. The molecule has 0 aromatic rings. The van der Waals surface area contributed by atoms with Crippen LogP contribution in [0.25, 0.3) is 0 Å². The van der Waals surface area contributed by atoms with Gasteiger partial charge in [0, 0.05) is 11.6 Å². The number of hydrogen-bond donors (Lipinski definition) is 1. The van der Waals surface area contributed by atoms with E-state index in [1.807, 2.05) is 0 Å². The van der Waals surface area contributed by atoms with Crippen LogP contribution in [0.3, 0.4) is 0 Å². The van der Waals surface area contributed by atoms with Crippen molar-refractivity contribution in [3.05, 3.63) is 0 Å². The molecule has 0 radical (unpaired) electrons. The second-order valence-electron chi connectivity index (χ2n) is 8.03. The van der Waals surface area contributed by atoms with E-state index in [2.05, 4.69) is 31.0 Å². The molecule has 0 spiro atoms. The second kappa shape index (κ2) is 7.79. The SMILES string of the molecule is CC(C)(C)NCCCCCCN1CCCC2CCCC21. The number of hydrogen-bond acceptors (Lipinski definition) is 2. The summed E-state index contributed by atoms with van der Waals surface area (Å²) in [4.78, 5) is 2.83. The van der Waals surface area contributed by atoms with Crippen molar-refractivity contribution in [2.24, 2.45) is 5.92 Å². The molecule has 0 bridgehead atoms. The van der Waals surface area contributed by atoms with Gasteiger partial charge < -0.3 is 10.2 Å². The molecule has 1 N–H and O–H groups in total. The monoisotopic (exact) mass is 280 g/mol. The van der Waals surface area contributed by atoms with E-state index < -0.39 is 0 Å². The molecular formula is C18H36N2. The first-order valence-electron chi connectivity index (χ1n) is 9.05. The van der Waals surface area contributed by atoms with Crippen molar-refractivity contribution in [3.63, 3.8) is 0 Å². The van der Waals surface area contributed by atoms with Gasteiger partial charge in [0.05, 0.1) is 0 Å². The average Bonchev–Trinajstić information content (AvgIpc) is 2.85. The number of fused-ring (bicyclic) bond motifs is 1. The zero-order valence-electron chi connectivity index (χ0n) is 14.1. The second-order valence-corrected chi connectivity index (χ2v) is 8.03. The topological polar surface area (TPSA) is 15.3 Å². The summed E-state index contributed by atoms with van der Waals surface area (Å²) in [6.45, 7) is 10.7.